The van der Waals surface area contributed by atoms with E-state index >= 15 is 0 Å². The van der Waals surface area contributed by atoms with Crippen LogP contribution in [0.2, 0.25) is 0 Å². The van der Waals surface area contributed by atoms with Gasteiger partial charge in [0, 0.05) is 38.1 Å². The smallest absolute Gasteiger partial charge is 0.240 e. The second kappa shape index (κ2) is 8.23. The summed E-state index contributed by atoms with van der Waals surface area (Å²) in [6, 6.07) is 0. The van der Waals surface area contributed by atoms with Crippen LogP contribution in [0.1, 0.15) is 51.9 Å². The highest BCUT2D eigenvalue weighted by Crippen LogP contribution is 2.05. The van der Waals surface area contributed by atoms with E-state index in [1.165, 1.54) is 12.8 Å². The van der Waals surface area contributed by atoms with Crippen LogP contribution in [0.15, 0.2) is 5.10 Å². The molecule has 1 heterocycles. The van der Waals surface area contributed by atoms with E-state index in [-0.39, 0.29) is 5.91 Å². The molecule has 0 atom stereocenters. The number of amides is 1. The number of nitrogens with zero attached hydrogens (tertiary/aromatic N) is 2. The summed E-state index contributed by atoms with van der Waals surface area (Å²) in [5.74, 6) is 0.0625. The molecule has 1 fully saturated rings. The predicted molar refractivity (Wildman–Crippen MR) is 71.1 cm³/mol. The van der Waals surface area contributed by atoms with Gasteiger partial charge < -0.3 is 4.90 Å². The van der Waals surface area contributed by atoms with E-state index in [2.05, 4.69) is 29.4 Å². The molecule has 0 unspecified atom stereocenters. The Hall–Kier alpha value is -0.900. The summed E-state index contributed by atoms with van der Waals surface area (Å²) in [6.07, 6.45) is 7.11. The fourth-order valence-electron chi connectivity index (χ4n) is 1.90. The highest BCUT2D eigenvalue weighted by Gasteiger charge is 2.11. The lowest BCUT2D eigenvalue weighted by Gasteiger charge is -2.22. The van der Waals surface area contributed by atoms with Crippen LogP contribution in [0.4, 0.5) is 0 Å². The molecule has 1 amide bonds. The molecule has 1 rings (SSSR count). The van der Waals surface area contributed by atoms with Crippen LogP contribution in [-0.2, 0) is 4.79 Å². The Kier molecular flexibility index (Phi) is 6.86. The van der Waals surface area contributed by atoms with Gasteiger partial charge in [-0.2, -0.15) is 5.10 Å². The minimum atomic E-state index is 0.0625. The molecule has 0 bridgehead atoms. The molecule has 1 aliphatic heterocycles. The maximum Gasteiger partial charge on any atom is 0.240 e. The van der Waals surface area contributed by atoms with E-state index in [1.807, 2.05) is 0 Å². The molecule has 0 radical (unpaired) electrons. The van der Waals surface area contributed by atoms with Crippen LogP contribution in [-0.4, -0.2) is 36.7 Å². The standard InChI is InChI=1S/C13H25N3O/c1-3-4-5-6-7-13(17)15-14-12-8-10-16(2)11-9-12/h3-11H2,1-2H3,(H,15,17). The molecule has 17 heavy (non-hydrogen) atoms. The zero-order valence-corrected chi connectivity index (χ0v) is 11.2. The van der Waals surface area contributed by atoms with Crippen molar-refractivity contribution in [2.24, 2.45) is 5.10 Å². The van der Waals surface area contributed by atoms with Crippen molar-refractivity contribution in [1.82, 2.24) is 10.3 Å². The molecular weight excluding hydrogens is 214 g/mol. The molecule has 1 aliphatic rings. The molecule has 0 aromatic rings. The van der Waals surface area contributed by atoms with Crippen LogP contribution in [0.25, 0.3) is 0 Å². The van der Waals surface area contributed by atoms with Crippen molar-refractivity contribution in [3.63, 3.8) is 0 Å². The van der Waals surface area contributed by atoms with Gasteiger partial charge in [0.2, 0.25) is 5.91 Å². The summed E-state index contributed by atoms with van der Waals surface area (Å²) in [7, 11) is 2.11. The second-order valence-electron chi connectivity index (χ2n) is 4.83. The summed E-state index contributed by atoms with van der Waals surface area (Å²) in [6.45, 7) is 4.27. The first-order chi connectivity index (χ1) is 8.22. The van der Waals surface area contributed by atoms with E-state index < -0.39 is 0 Å². The van der Waals surface area contributed by atoms with Gasteiger partial charge in [-0.15, -0.1) is 0 Å². The minimum absolute atomic E-state index is 0.0625. The summed E-state index contributed by atoms with van der Waals surface area (Å²) in [4.78, 5) is 13.8. The number of unbranched alkanes of at least 4 members (excludes halogenated alkanes) is 3. The van der Waals surface area contributed by atoms with Gasteiger partial charge in [0.05, 0.1) is 0 Å². The lowest BCUT2D eigenvalue weighted by molar-refractivity contribution is -0.121. The van der Waals surface area contributed by atoms with Crippen molar-refractivity contribution >= 4 is 11.6 Å². The lowest BCUT2D eigenvalue weighted by Crippen LogP contribution is -2.31. The molecule has 0 saturated carbocycles. The topological polar surface area (TPSA) is 44.7 Å². The Morgan fingerprint density at radius 2 is 2.00 bits per heavy atom. The fraction of sp³-hybridized carbons (Fsp3) is 0.846. The number of carbonyl (C=O) groups is 1. The van der Waals surface area contributed by atoms with Gasteiger partial charge in [-0.1, -0.05) is 26.2 Å². The number of nitrogens with one attached hydrogen (secondary N) is 1. The average molecular weight is 239 g/mol. The molecule has 4 heteroatoms. The SMILES string of the molecule is CCCCCCC(=O)NN=C1CCN(C)CC1. The van der Waals surface area contributed by atoms with Gasteiger partial charge >= 0.3 is 0 Å². The van der Waals surface area contributed by atoms with Crippen LogP contribution >= 0.6 is 0 Å². The van der Waals surface area contributed by atoms with Crippen molar-refractivity contribution in [2.45, 2.75) is 51.9 Å². The molecule has 0 spiro atoms. The van der Waals surface area contributed by atoms with Crippen LogP contribution in [0.3, 0.4) is 0 Å². The summed E-state index contributed by atoms with van der Waals surface area (Å²) >= 11 is 0. The fourth-order valence-corrected chi connectivity index (χ4v) is 1.90. The van der Waals surface area contributed by atoms with Crippen LogP contribution in [0.5, 0.6) is 0 Å². The molecular formula is C13H25N3O. The van der Waals surface area contributed by atoms with E-state index in [9.17, 15) is 4.79 Å². The number of hydrazone groups is 1. The van der Waals surface area contributed by atoms with E-state index in [1.54, 1.807) is 0 Å². The van der Waals surface area contributed by atoms with Crippen LogP contribution < -0.4 is 5.43 Å². The highest BCUT2D eigenvalue weighted by atomic mass is 16.2. The highest BCUT2D eigenvalue weighted by molar-refractivity contribution is 5.87. The first-order valence-corrected chi connectivity index (χ1v) is 6.75. The van der Waals surface area contributed by atoms with Crippen molar-refractivity contribution in [3.8, 4) is 0 Å². The van der Waals surface area contributed by atoms with E-state index in [4.69, 9.17) is 0 Å². The maximum atomic E-state index is 11.5. The zero-order valence-electron chi connectivity index (χ0n) is 11.2. The molecule has 1 N–H and O–H groups in total. The first kappa shape index (κ1) is 14.2. The van der Waals surface area contributed by atoms with Crippen LogP contribution in [0, 0.1) is 0 Å². The van der Waals surface area contributed by atoms with Crippen molar-refractivity contribution in [3.05, 3.63) is 0 Å². The largest absolute Gasteiger partial charge is 0.306 e. The monoisotopic (exact) mass is 239 g/mol. The molecule has 0 aliphatic carbocycles. The van der Waals surface area contributed by atoms with Gasteiger partial charge in [-0.25, -0.2) is 5.43 Å². The second-order valence-corrected chi connectivity index (χ2v) is 4.83. The molecule has 0 aromatic heterocycles. The Labute approximate surface area is 104 Å². The predicted octanol–water partition coefficient (Wildman–Crippen LogP) is 2.15. The maximum absolute atomic E-state index is 11.5. The quantitative estimate of drug-likeness (QED) is 0.570. The average Bonchev–Trinajstić information content (AvgIpc) is 2.34. The zero-order chi connectivity index (χ0) is 12.5. The summed E-state index contributed by atoms with van der Waals surface area (Å²) in [5, 5.41) is 4.21. The number of hydrogen-bond acceptors (Lipinski definition) is 3. The molecule has 0 aromatic carbocycles. The minimum Gasteiger partial charge on any atom is -0.306 e. The van der Waals surface area contributed by atoms with E-state index in [0.717, 1.165) is 44.5 Å². The third kappa shape index (κ3) is 6.41. The molecule has 4 nitrogen and oxygen atoms in total. The van der Waals surface area contributed by atoms with Gasteiger partial charge in [-0.05, 0) is 13.5 Å². The van der Waals surface area contributed by atoms with E-state index in [0.29, 0.717) is 6.42 Å². The number of likely N-dealkylation sites (tertiary alicyclic amines) is 1. The van der Waals surface area contributed by atoms with Crippen molar-refractivity contribution < 1.29 is 4.79 Å². The van der Waals surface area contributed by atoms with Crippen molar-refractivity contribution in [2.75, 3.05) is 20.1 Å². The molecule has 1 saturated heterocycles. The van der Waals surface area contributed by atoms with Gasteiger partial charge in [0.25, 0.3) is 0 Å². The van der Waals surface area contributed by atoms with Crippen molar-refractivity contribution in [1.29, 1.82) is 0 Å². The van der Waals surface area contributed by atoms with Gasteiger partial charge in [0.1, 0.15) is 0 Å². The summed E-state index contributed by atoms with van der Waals surface area (Å²) < 4.78 is 0. The van der Waals surface area contributed by atoms with Gasteiger partial charge in [0.15, 0.2) is 0 Å². The third-order valence-corrected chi connectivity index (χ3v) is 3.16. The van der Waals surface area contributed by atoms with Gasteiger partial charge in [-0.3, -0.25) is 4.79 Å². The first-order valence-electron chi connectivity index (χ1n) is 6.75. The lowest BCUT2D eigenvalue weighted by atomic mass is 10.1. The normalized spacial score (nSPS) is 16.9. The Balaban J connectivity index is 2.12. The number of piperidine rings is 1. The molecule has 98 valence electrons. The Morgan fingerprint density at radius 1 is 1.29 bits per heavy atom. The Morgan fingerprint density at radius 3 is 2.65 bits per heavy atom. The number of carbonyl (C=O) groups excluding carboxylic acids is 1. The Bertz CT molecular complexity index is 253. The summed E-state index contributed by atoms with van der Waals surface area (Å²) in [5.41, 5.74) is 3.80. The number of rotatable bonds is 6. The third-order valence-electron chi connectivity index (χ3n) is 3.16. The number of hydrogen-bond donors (Lipinski definition) is 1.